The number of rotatable bonds is 9. The van der Waals surface area contributed by atoms with Crippen LogP contribution >= 0.6 is 0 Å². The quantitative estimate of drug-likeness (QED) is 0.439. The Morgan fingerprint density at radius 3 is 2.31 bits per heavy atom. The van der Waals surface area contributed by atoms with Crippen molar-refractivity contribution in [1.29, 1.82) is 0 Å². The van der Waals surface area contributed by atoms with Gasteiger partial charge >= 0.3 is 0 Å². The summed E-state index contributed by atoms with van der Waals surface area (Å²) < 4.78 is 0. The van der Waals surface area contributed by atoms with Gasteiger partial charge in [0.1, 0.15) is 0 Å². The molecule has 0 aliphatic rings. The summed E-state index contributed by atoms with van der Waals surface area (Å²) in [6.07, 6.45) is 6.59. The molecule has 0 saturated carbocycles. The standard InChI is InChI=1S/C11H26N2/c1-4-6-8-10-13(3)11-12-9-7-5-2/h12H,4-11H2,1-3H3. The average Bonchev–Trinajstić information content (AvgIpc) is 2.13. The molecule has 0 spiro atoms. The maximum Gasteiger partial charge on any atom is 0.0477 e. The predicted molar refractivity (Wildman–Crippen MR) is 59.9 cm³/mol. The first-order valence-corrected chi connectivity index (χ1v) is 5.70. The van der Waals surface area contributed by atoms with Crippen LogP contribution in [-0.2, 0) is 0 Å². The van der Waals surface area contributed by atoms with Gasteiger partial charge in [-0.1, -0.05) is 33.1 Å². The zero-order valence-electron chi connectivity index (χ0n) is 9.60. The van der Waals surface area contributed by atoms with E-state index in [2.05, 4.69) is 31.1 Å². The second kappa shape index (κ2) is 10.0. The molecule has 0 saturated heterocycles. The number of hydrogen-bond donors (Lipinski definition) is 1. The lowest BCUT2D eigenvalue weighted by atomic mass is 10.2. The SMILES string of the molecule is CCCCCN(C)CNCCCC. The van der Waals surface area contributed by atoms with E-state index in [0.717, 1.165) is 13.2 Å². The van der Waals surface area contributed by atoms with Gasteiger partial charge in [-0.05, 0) is 33.0 Å². The van der Waals surface area contributed by atoms with Gasteiger partial charge in [0, 0.05) is 6.67 Å². The van der Waals surface area contributed by atoms with E-state index in [4.69, 9.17) is 0 Å². The van der Waals surface area contributed by atoms with Gasteiger partial charge in [0.25, 0.3) is 0 Å². The van der Waals surface area contributed by atoms with Crippen LogP contribution in [0.5, 0.6) is 0 Å². The molecule has 0 aromatic carbocycles. The molecule has 0 unspecified atom stereocenters. The van der Waals surface area contributed by atoms with Crippen molar-refractivity contribution in [2.24, 2.45) is 0 Å². The monoisotopic (exact) mass is 186 g/mol. The molecule has 2 nitrogen and oxygen atoms in total. The van der Waals surface area contributed by atoms with E-state index in [-0.39, 0.29) is 0 Å². The largest absolute Gasteiger partial charge is 0.304 e. The Bertz CT molecular complexity index is 94.1. The average molecular weight is 186 g/mol. The Labute approximate surface area is 83.7 Å². The Balaban J connectivity index is 3.05. The maximum absolute atomic E-state index is 3.44. The van der Waals surface area contributed by atoms with Crippen molar-refractivity contribution in [2.75, 3.05) is 26.8 Å². The maximum atomic E-state index is 3.44. The molecule has 0 bridgehead atoms. The lowest BCUT2D eigenvalue weighted by molar-refractivity contribution is 0.299. The van der Waals surface area contributed by atoms with Crippen LogP contribution in [0.3, 0.4) is 0 Å². The minimum atomic E-state index is 1.05. The molecule has 0 atom stereocenters. The van der Waals surface area contributed by atoms with E-state index in [0.29, 0.717) is 0 Å². The van der Waals surface area contributed by atoms with Gasteiger partial charge < -0.3 is 5.32 Å². The Morgan fingerprint density at radius 1 is 1.00 bits per heavy atom. The summed E-state index contributed by atoms with van der Waals surface area (Å²) in [7, 11) is 2.19. The molecule has 1 N–H and O–H groups in total. The van der Waals surface area contributed by atoms with Crippen LogP contribution in [-0.4, -0.2) is 31.7 Å². The van der Waals surface area contributed by atoms with E-state index >= 15 is 0 Å². The second-order valence-electron chi connectivity index (χ2n) is 3.80. The topological polar surface area (TPSA) is 15.3 Å². The highest BCUT2D eigenvalue weighted by atomic mass is 15.2. The molecule has 0 aliphatic heterocycles. The second-order valence-corrected chi connectivity index (χ2v) is 3.80. The van der Waals surface area contributed by atoms with Crippen LogP contribution in [0.2, 0.25) is 0 Å². The molecule has 0 aromatic rings. The summed E-state index contributed by atoms with van der Waals surface area (Å²) in [6.45, 7) is 7.91. The molecule has 0 aromatic heterocycles. The molecular formula is C11H26N2. The van der Waals surface area contributed by atoms with Crippen molar-refractivity contribution in [3.8, 4) is 0 Å². The minimum Gasteiger partial charge on any atom is -0.304 e. The summed E-state index contributed by atoms with van der Waals surface area (Å²) in [5.41, 5.74) is 0. The van der Waals surface area contributed by atoms with E-state index in [1.54, 1.807) is 0 Å². The smallest absolute Gasteiger partial charge is 0.0477 e. The van der Waals surface area contributed by atoms with Gasteiger partial charge in [-0.25, -0.2) is 0 Å². The fourth-order valence-electron chi connectivity index (χ4n) is 1.28. The van der Waals surface area contributed by atoms with Crippen LogP contribution in [0.1, 0.15) is 46.0 Å². The van der Waals surface area contributed by atoms with Crippen LogP contribution in [0, 0.1) is 0 Å². The summed E-state index contributed by atoms with van der Waals surface area (Å²) in [6, 6.07) is 0. The highest BCUT2D eigenvalue weighted by molar-refractivity contribution is 4.51. The van der Waals surface area contributed by atoms with E-state index < -0.39 is 0 Å². The number of nitrogens with zero attached hydrogens (tertiary/aromatic N) is 1. The van der Waals surface area contributed by atoms with Crippen LogP contribution in [0.4, 0.5) is 0 Å². The first-order valence-electron chi connectivity index (χ1n) is 5.70. The molecular weight excluding hydrogens is 160 g/mol. The molecule has 0 radical (unpaired) electrons. The van der Waals surface area contributed by atoms with Crippen molar-refractivity contribution >= 4 is 0 Å². The number of hydrogen-bond acceptors (Lipinski definition) is 2. The Morgan fingerprint density at radius 2 is 1.69 bits per heavy atom. The van der Waals surface area contributed by atoms with Crippen LogP contribution in [0.15, 0.2) is 0 Å². The number of nitrogens with one attached hydrogen (secondary N) is 1. The first kappa shape index (κ1) is 12.9. The molecule has 0 heterocycles. The van der Waals surface area contributed by atoms with Gasteiger partial charge in [-0.15, -0.1) is 0 Å². The van der Waals surface area contributed by atoms with Crippen molar-refractivity contribution < 1.29 is 0 Å². The van der Waals surface area contributed by atoms with Crippen molar-refractivity contribution in [3.63, 3.8) is 0 Å². The van der Waals surface area contributed by atoms with Crippen LogP contribution in [0.25, 0.3) is 0 Å². The third-order valence-electron chi connectivity index (χ3n) is 2.23. The fraction of sp³-hybridized carbons (Fsp3) is 1.00. The zero-order valence-corrected chi connectivity index (χ0v) is 9.60. The minimum absolute atomic E-state index is 1.05. The summed E-state index contributed by atoms with van der Waals surface area (Å²) in [5, 5.41) is 3.44. The molecule has 0 aliphatic carbocycles. The highest BCUT2D eigenvalue weighted by Crippen LogP contribution is 1.95. The summed E-state index contributed by atoms with van der Waals surface area (Å²) in [5.74, 6) is 0. The van der Waals surface area contributed by atoms with Crippen molar-refractivity contribution in [1.82, 2.24) is 10.2 Å². The van der Waals surface area contributed by atoms with Gasteiger partial charge in [0.15, 0.2) is 0 Å². The van der Waals surface area contributed by atoms with E-state index in [1.165, 1.54) is 38.6 Å². The summed E-state index contributed by atoms with van der Waals surface area (Å²) in [4.78, 5) is 2.37. The van der Waals surface area contributed by atoms with Crippen molar-refractivity contribution in [2.45, 2.75) is 46.0 Å². The zero-order chi connectivity index (χ0) is 9.94. The molecule has 0 rings (SSSR count). The predicted octanol–water partition coefficient (Wildman–Crippen LogP) is 2.46. The third-order valence-corrected chi connectivity index (χ3v) is 2.23. The van der Waals surface area contributed by atoms with Crippen LogP contribution < -0.4 is 5.32 Å². The number of unbranched alkanes of at least 4 members (excludes halogenated alkanes) is 3. The van der Waals surface area contributed by atoms with Gasteiger partial charge in [0.2, 0.25) is 0 Å². The molecule has 0 amide bonds. The Kier molecular flexibility index (Phi) is 9.94. The molecule has 2 heteroatoms. The van der Waals surface area contributed by atoms with E-state index in [9.17, 15) is 0 Å². The molecule has 0 fully saturated rings. The lowest BCUT2D eigenvalue weighted by Gasteiger charge is -2.16. The Hall–Kier alpha value is -0.0800. The molecule has 13 heavy (non-hydrogen) atoms. The highest BCUT2D eigenvalue weighted by Gasteiger charge is 1.95. The molecule has 80 valence electrons. The van der Waals surface area contributed by atoms with Gasteiger partial charge in [-0.3, -0.25) is 4.90 Å². The first-order chi connectivity index (χ1) is 6.31. The lowest BCUT2D eigenvalue weighted by Crippen LogP contribution is -2.32. The van der Waals surface area contributed by atoms with E-state index in [1.807, 2.05) is 0 Å². The summed E-state index contributed by atoms with van der Waals surface area (Å²) >= 11 is 0. The van der Waals surface area contributed by atoms with Gasteiger partial charge in [0.05, 0.1) is 0 Å². The van der Waals surface area contributed by atoms with Gasteiger partial charge in [-0.2, -0.15) is 0 Å². The third kappa shape index (κ3) is 9.84. The fourth-order valence-corrected chi connectivity index (χ4v) is 1.28. The normalized spacial score (nSPS) is 11.1. The van der Waals surface area contributed by atoms with Crippen molar-refractivity contribution in [3.05, 3.63) is 0 Å².